The van der Waals surface area contributed by atoms with Crippen molar-refractivity contribution in [1.82, 2.24) is 20.4 Å². The minimum atomic E-state index is -0.454. The first-order valence-electron chi connectivity index (χ1n) is 11.3. The molecule has 0 aliphatic rings. The molecule has 0 saturated heterocycles. The molecule has 0 fully saturated rings. The van der Waals surface area contributed by atoms with Gasteiger partial charge < -0.3 is 29.6 Å². The highest BCUT2D eigenvalue weighted by atomic mass is 32.2. The van der Waals surface area contributed by atoms with Crippen LogP contribution in [0.1, 0.15) is 23.5 Å². The number of hydrogen-bond donors (Lipinski definition) is 2. The van der Waals surface area contributed by atoms with Crippen LogP contribution < -0.4 is 15.4 Å². The predicted molar refractivity (Wildman–Crippen MR) is 137 cm³/mol. The fourth-order valence-corrected chi connectivity index (χ4v) is 3.92. The Balaban J connectivity index is 1.64. The molecular formula is C24H37N5O4S. The Kier molecular flexibility index (Phi) is 12.4. The zero-order chi connectivity index (χ0) is 24.8. The number of furan rings is 1. The molecular weight excluding hydrogens is 454 g/mol. The van der Waals surface area contributed by atoms with Crippen molar-refractivity contribution < 1.29 is 14.1 Å². The Labute approximate surface area is 206 Å². The average Bonchev–Trinajstić information content (AvgIpc) is 3.19. The summed E-state index contributed by atoms with van der Waals surface area (Å²) in [5, 5.41) is 17.1. The molecule has 0 atom stereocenters. The topological polar surface area (TPSA) is 96.0 Å². The van der Waals surface area contributed by atoms with Crippen molar-refractivity contribution in [2.75, 3.05) is 53.6 Å². The van der Waals surface area contributed by atoms with Gasteiger partial charge in [-0.1, -0.05) is 12.1 Å². The Morgan fingerprint density at radius 3 is 2.56 bits per heavy atom. The molecule has 2 N–H and O–H groups in total. The van der Waals surface area contributed by atoms with E-state index in [1.807, 2.05) is 58.5 Å². The summed E-state index contributed by atoms with van der Waals surface area (Å²) in [6.45, 7) is 3.34. The zero-order valence-corrected chi connectivity index (χ0v) is 21.4. The second-order valence-electron chi connectivity index (χ2n) is 8.43. The van der Waals surface area contributed by atoms with E-state index in [2.05, 4.69) is 26.5 Å². The number of nitrogens with zero attached hydrogens (tertiary/aromatic N) is 3. The molecule has 9 nitrogen and oxygen atoms in total. The molecule has 2 rings (SSSR count). The molecule has 0 aliphatic carbocycles. The van der Waals surface area contributed by atoms with E-state index in [0.29, 0.717) is 25.5 Å². The van der Waals surface area contributed by atoms with Crippen molar-refractivity contribution in [2.45, 2.75) is 25.3 Å². The van der Waals surface area contributed by atoms with E-state index >= 15 is 0 Å². The third kappa shape index (κ3) is 12.0. The smallest absolute Gasteiger partial charge is 0.274 e. The first-order valence-corrected chi connectivity index (χ1v) is 12.5. The number of benzene rings is 1. The standard InChI is InChI=1S/C24H37N5O4S/c1-27(2)16-20-7-5-8-21(15-20)32-13-6-11-25-24(18-29(30)31)26-12-14-34-19-23-10-9-22(33-23)17-28(3)4/h5,7-10,15,18,25-26H,6,11-14,16-17,19H2,1-4H3/b24-18+. The van der Waals surface area contributed by atoms with Gasteiger partial charge in [0.1, 0.15) is 17.3 Å². The van der Waals surface area contributed by atoms with Gasteiger partial charge in [-0.3, -0.25) is 10.1 Å². The maximum absolute atomic E-state index is 10.9. The molecule has 0 spiro atoms. The Morgan fingerprint density at radius 1 is 1.09 bits per heavy atom. The molecule has 0 saturated carbocycles. The van der Waals surface area contributed by atoms with Crippen molar-refractivity contribution in [2.24, 2.45) is 0 Å². The summed E-state index contributed by atoms with van der Waals surface area (Å²) in [6.07, 6.45) is 1.69. The molecule has 188 valence electrons. The minimum Gasteiger partial charge on any atom is -0.494 e. The van der Waals surface area contributed by atoms with Crippen molar-refractivity contribution in [3.8, 4) is 5.75 Å². The van der Waals surface area contributed by atoms with E-state index in [4.69, 9.17) is 9.15 Å². The van der Waals surface area contributed by atoms with Crippen molar-refractivity contribution in [1.29, 1.82) is 0 Å². The monoisotopic (exact) mass is 491 g/mol. The Hall–Kier alpha value is -2.69. The van der Waals surface area contributed by atoms with E-state index in [-0.39, 0.29) is 0 Å². The van der Waals surface area contributed by atoms with Crippen LogP contribution in [-0.2, 0) is 18.8 Å². The molecule has 1 heterocycles. The summed E-state index contributed by atoms with van der Waals surface area (Å²) < 4.78 is 11.6. The van der Waals surface area contributed by atoms with Gasteiger partial charge in [0.05, 0.1) is 23.8 Å². The second-order valence-corrected chi connectivity index (χ2v) is 9.53. The van der Waals surface area contributed by atoms with Gasteiger partial charge in [0.15, 0.2) is 5.82 Å². The van der Waals surface area contributed by atoms with Gasteiger partial charge in [0.2, 0.25) is 0 Å². The molecule has 1 aromatic carbocycles. The van der Waals surface area contributed by atoms with Crippen LogP contribution in [-0.4, -0.2) is 68.4 Å². The maximum Gasteiger partial charge on any atom is 0.274 e. The predicted octanol–water partition coefficient (Wildman–Crippen LogP) is 3.36. The van der Waals surface area contributed by atoms with Crippen molar-refractivity contribution in [3.05, 3.63) is 75.6 Å². The maximum atomic E-state index is 10.9. The molecule has 34 heavy (non-hydrogen) atoms. The van der Waals surface area contributed by atoms with Crippen molar-refractivity contribution in [3.63, 3.8) is 0 Å². The highest BCUT2D eigenvalue weighted by Gasteiger charge is 2.05. The van der Waals surface area contributed by atoms with Gasteiger partial charge >= 0.3 is 0 Å². The van der Waals surface area contributed by atoms with Crippen LogP contribution >= 0.6 is 11.8 Å². The van der Waals surface area contributed by atoms with Crippen LogP contribution in [0.5, 0.6) is 5.75 Å². The lowest BCUT2D eigenvalue weighted by molar-refractivity contribution is -0.404. The van der Waals surface area contributed by atoms with Gasteiger partial charge in [-0.05, 0) is 64.4 Å². The Morgan fingerprint density at radius 2 is 1.82 bits per heavy atom. The summed E-state index contributed by atoms with van der Waals surface area (Å²) in [7, 11) is 8.07. The molecule has 0 amide bonds. The molecule has 0 radical (unpaired) electrons. The number of nitrogens with one attached hydrogen (secondary N) is 2. The average molecular weight is 492 g/mol. The van der Waals surface area contributed by atoms with E-state index in [1.54, 1.807) is 11.8 Å². The summed E-state index contributed by atoms with van der Waals surface area (Å²) in [4.78, 5) is 14.7. The van der Waals surface area contributed by atoms with Crippen LogP contribution in [0.15, 0.2) is 52.8 Å². The van der Waals surface area contributed by atoms with Crippen LogP contribution in [0.4, 0.5) is 0 Å². The Bertz CT molecular complexity index is 901. The summed E-state index contributed by atoms with van der Waals surface area (Å²) in [5.74, 6) is 4.69. The van der Waals surface area contributed by atoms with Crippen LogP contribution in [0, 0.1) is 10.1 Å². The van der Waals surface area contributed by atoms with Gasteiger partial charge in [0, 0.05) is 25.4 Å². The fourth-order valence-electron chi connectivity index (χ4n) is 3.17. The third-order valence-electron chi connectivity index (χ3n) is 4.53. The third-order valence-corrected chi connectivity index (χ3v) is 5.51. The van der Waals surface area contributed by atoms with Crippen LogP contribution in [0.2, 0.25) is 0 Å². The zero-order valence-electron chi connectivity index (χ0n) is 20.6. The normalized spacial score (nSPS) is 11.8. The molecule has 0 bridgehead atoms. The fraction of sp³-hybridized carbons (Fsp3) is 0.500. The number of ether oxygens (including phenoxy) is 1. The summed E-state index contributed by atoms with van der Waals surface area (Å²) >= 11 is 1.72. The number of nitro groups is 1. The van der Waals surface area contributed by atoms with Crippen LogP contribution in [0.25, 0.3) is 0 Å². The number of thioether (sulfide) groups is 1. The lowest BCUT2D eigenvalue weighted by atomic mass is 10.2. The largest absolute Gasteiger partial charge is 0.494 e. The highest BCUT2D eigenvalue weighted by molar-refractivity contribution is 7.98. The van der Waals surface area contributed by atoms with E-state index in [1.165, 1.54) is 5.56 Å². The molecule has 0 aliphatic heterocycles. The van der Waals surface area contributed by atoms with Gasteiger partial charge in [-0.25, -0.2) is 0 Å². The molecule has 2 aromatic rings. The van der Waals surface area contributed by atoms with E-state index in [9.17, 15) is 10.1 Å². The lowest BCUT2D eigenvalue weighted by Crippen LogP contribution is -2.30. The first-order chi connectivity index (χ1) is 16.3. The summed E-state index contributed by atoms with van der Waals surface area (Å²) in [6, 6.07) is 12.0. The van der Waals surface area contributed by atoms with Gasteiger partial charge in [-0.15, -0.1) is 0 Å². The number of rotatable bonds is 17. The SMILES string of the molecule is CN(C)Cc1cccc(OCCCN/C(=C\[N+](=O)[O-])NCCSCc2ccc(CN(C)C)o2)c1. The molecule has 1 aromatic heterocycles. The summed E-state index contributed by atoms with van der Waals surface area (Å²) in [5.41, 5.74) is 1.19. The quantitative estimate of drug-likeness (QED) is 0.196. The lowest BCUT2D eigenvalue weighted by Gasteiger charge is -2.13. The van der Waals surface area contributed by atoms with Gasteiger partial charge in [-0.2, -0.15) is 11.8 Å². The van der Waals surface area contributed by atoms with E-state index in [0.717, 1.165) is 54.5 Å². The first kappa shape index (κ1) is 27.6. The number of hydrogen-bond acceptors (Lipinski definition) is 9. The second kappa shape index (κ2) is 15.3. The molecule has 10 heteroatoms. The van der Waals surface area contributed by atoms with E-state index < -0.39 is 4.92 Å². The van der Waals surface area contributed by atoms with Crippen molar-refractivity contribution >= 4 is 11.8 Å². The minimum absolute atomic E-state index is 0.407. The van der Waals surface area contributed by atoms with Crippen LogP contribution in [0.3, 0.4) is 0 Å². The molecule has 0 unspecified atom stereocenters. The highest BCUT2D eigenvalue weighted by Crippen LogP contribution is 2.16. The van der Waals surface area contributed by atoms with Gasteiger partial charge in [0.25, 0.3) is 6.20 Å².